The number of pyridine rings is 1. The molecule has 1 aromatic rings. The first-order chi connectivity index (χ1) is 8.72. The van der Waals surface area contributed by atoms with Crippen LogP contribution in [0.1, 0.15) is 20.8 Å². The summed E-state index contributed by atoms with van der Waals surface area (Å²) in [5.74, 6) is 0.486. The summed E-state index contributed by atoms with van der Waals surface area (Å²) in [6.45, 7) is 5.35. The van der Waals surface area contributed by atoms with Gasteiger partial charge in [0.05, 0.1) is 23.2 Å². The zero-order chi connectivity index (χ0) is 14.6. The molecule has 1 unspecified atom stereocenters. The lowest BCUT2D eigenvalue weighted by atomic mass is 9.99. The molecular weight excluding hydrogens is 266 g/mol. The fourth-order valence-corrected chi connectivity index (χ4v) is 1.51. The number of aliphatic hydroxyl groups is 1. The molecule has 1 amide bonds. The van der Waals surface area contributed by atoms with Gasteiger partial charge in [0.15, 0.2) is 0 Å². The van der Waals surface area contributed by atoms with Gasteiger partial charge >= 0.3 is 0 Å². The third kappa shape index (κ3) is 4.69. The minimum absolute atomic E-state index is 0.158. The van der Waals surface area contributed by atoms with Crippen LogP contribution in [0, 0.1) is 0 Å². The van der Waals surface area contributed by atoms with E-state index in [4.69, 9.17) is 11.6 Å². The van der Waals surface area contributed by atoms with E-state index in [9.17, 15) is 9.90 Å². The number of anilines is 1. The monoisotopic (exact) mass is 285 g/mol. The van der Waals surface area contributed by atoms with Gasteiger partial charge in [-0.15, -0.1) is 0 Å². The van der Waals surface area contributed by atoms with Crippen LogP contribution in [0.25, 0.3) is 0 Å². The molecule has 1 heterocycles. The number of aliphatic hydroxyl groups excluding tert-OH is 1. The summed E-state index contributed by atoms with van der Waals surface area (Å²) in [5.41, 5.74) is -0.661. The molecule has 106 valence electrons. The molecule has 0 spiro atoms. The van der Waals surface area contributed by atoms with Crippen LogP contribution in [-0.2, 0) is 4.79 Å². The second-order valence-corrected chi connectivity index (χ2v) is 5.57. The van der Waals surface area contributed by atoms with Crippen molar-refractivity contribution in [3.8, 4) is 0 Å². The number of carbonyl (C=O) groups excluding carboxylic acids is 1. The average molecular weight is 286 g/mol. The molecule has 0 radical (unpaired) electrons. The summed E-state index contributed by atoms with van der Waals surface area (Å²) >= 11 is 5.76. The summed E-state index contributed by atoms with van der Waals surface area (Å²) in [6, 6.07) is 3.47. The summed E-state index contributed by atoms with van der Waals surface area (Å²) in [7, 11) is 1.77. The summed E-state index contributed by atoms with van der Waals surface area (Å²) in [6.07, 6.45) is 0.904. The highest BCUT2D eigenvalue weighted by Gasteiger charge is 2.26. The first-order valence-corrected chi connectivity index (χ1v) is 6.42. The standard InChI is InChI=1S/C13H20ClN3O2/c1-9(18)13(2,3)16-12(19)8-17(4)11-6-5-10(14)7-15-11/h5-7,9,18H,8H2,1-4H3,(H,16,19). The molecule has 1 aromatic heterocycles. The fraction of sp³-hybridized carbons (Fsp3) is 0.538. The molecule has 0 bridgehead atoms. The third-order valence-corrected chi connectivity index (χ3v) is 3.21. The summed E-state index contributed by atoms with van der Waals surface area (Å²) < 4.78 is 0. The van der Waals surface area contributed by atoms with Crippen molar-refractivity contribution in [2.75, 3.05) is 18.5 Å². The normalized spacial score (nSPS) is 12.9. The molecule has 0 aliphatic rings. The highest BCUT2D eigenvalue weighted by molar-refractivity contribution is 6.30. The van der Waals surface area contributed by atoms with Gasteiger partial charge in [-0.1, -0.05) is 11.6 Å². The number of likely N-dealkylation sites (N-methyl/N-ethyl adjacent to an activating group) is 1. The van der Waals surface area contributed by atoms with Crippen LogP contribution in [0.3, 0.4) is 0 Å². The van der Waals surface area contributed by atoms with Crippen LogP contribution in [0.4, 0.5) is 5.82 Å². The van der Waals surface area contributed by atoms with Crippen molar-refractivity contribution >= 4 is 23.3 Å². The molecule has 0 saturated carbocycles. The van der Waals surface area contributed by atoms with Crippen molar-refractivity contribution in [1.29, 1.82) is 0 Å². The van der Waals surface area contributed by atoms with E-state index < -0.39 is 11.6 Å². The molecule has 6 heteroatoms. The molecule has 1 atom stereocenters. The van der Waals surface area contributed by atoms with E-state index in [1.165, 1.54) is 6.20 Å². The Kier molecular flexibility index (Phi) is 5.14. The minimum atomic E-state index is -0.661. The van der Waals surface area contributed by atoms with Crippen molar-refractivity contribution in [3.05, 3.63) is 23.4 Å². The van der Waals surface area contributed by atoms with Crippen molar-refractivity contribution < 1.29 is 9.90 Å². The Morgan fingerprint density at radius 1 is 1.58 bits per heavy atom. The molecule has 1 rings (SSSR count). The Morgan fingerprint density at radius 2 is 2.21 bits per heavy atom. The van der Waals surface area contributed by atoms with Gasteiger partial charge in [-0.2, -0.15) is 0 Å². The number of aromatic nitrogens is 1. The quantitative estimate of drug-likeness (QED) is 0.859. The van der Waals surface area contributed by atoms with Gasteiger partial charge in [-0.3, -0.25) is 4.79 Å². The van der Waals surface area contributed by atoms with Crippen LogP contribution in [0.5, 0.6) is 0 Å². The zero-order valence-electron chi connectivity index (χ0n) is 11.6. The molecule has 0 aromatic carbocycles. The van der Waals surface area contributed by atoms with Gasteiger partial charge in [0.25, 0.3) is 0 Å². The van der Waals surface area contributed by atoms with Gasteiger partial charge in [-0.25, -0.2) is 4.98 Å². The van der Waals surface area contributed by atoms with Gasteiger partial charge in [0.2, 0.25) is 5.91 Å². The van der Waals surface area contributed by atoms with Crippen molar-refractivity contribution in [2.24, 2.45) is 0 Å². The third-order valence-electron chi connectivity index (χ3n) is 2.99. The largest absolute Gasteiger partial charge is 0.391 e. The maximum atomic E-state index is 11.9. The predicted octanol–water partition coefficient (Wildman–Crippen LogP) is 1.45. The maximum Gasteiger partial charge on any atom is 0.240 e. The molecule has 2 N–H and O–H groups in total. The Hall–Kier alpha value is -1.33. The van der Waals surface area contributed by atoms with Crippen LogP contribution in [-0.4, -0.2) is 41.2 Å². The van der Waals surface area contributed by atoms with Crippen LogP contribution in [0.15, 0.2) is 18.3 Å². The number of halogens is 1. The van der Waals surface area contributed by atoms with E-state index in [-0.39, 0.29) is 12.5 Å². The van der Waals surface area contributed by atoms with Crippen LogP contribution in [0.2, 0.25) is 5.02 Å². The number of hydrogen-bond donors (Lipinski definition) is 2. The molecule has 0 fully saturated rings. The highest BCUT2D eigenvalue weighted by atomic mass is 35.5. The number of rotatable bonds is 5. The van der Waals surface area contributed by atoms with E-state index in [1.807, 2.05) is 0 Å². The minimum Gasteiger partial charge on any atom is -0.391 e. The predicted molar refractivity (Wildman–Crippen MR) is 76.4 cm³/mol. The Labute approximate surface area is 118 Å². The first-order valence-electron chi connectivity index (χ1n) is 6.04. The lowest BCUT2D eigenvalue weighted by Crippen LogP contribution is -2.53. The zero-order valence-corrected chi connectivity index (χ0v) is 12.4. The van der Waals surface area contributed by atoms with E-state index >= 15 is 0 Å². The molecule has 0 aliphatic heterocycles. The second-order valence-electron chi connectivity index (χ2n) is 5.14. The average Bonchev–Trinajstić information content (AvgIpc) is 2.28. The summed E-state index contributed by atoms with van der Waals surface area (Å²) in [5, 5.41) is 12.9. The van der Waals surface area contributed by atoms with E-state index in [2.05, 4.69) is 10.3 Å². The lowest BCUT2D eigenvalue weighted by Gasteiger charge is -2.30. The Bertz CT molecular complexity index is 432. The number of nitrogens with one attached hydrogen (secondary N) is 1. The molecule has 0 aliphatic carbocycles. The summed E-state index contributed by atoms with van der Waals surface area (Å²) in [4.78, 5) is 17.7. The molecule has 19 heavy (non-hydrogen) atoms. The smallest absolute Gasteiger partial charge is 0.240 e. The van der Waals surface area contributed by atoms with E-state index in [1.54, 1.807) is 44.9 Å². The number of hydrogen-bond acceptors (Lipinski definition) is 4. The number of amides is 1. The lowest BCUT2D eigenvalue weighted by molar-refractivity contribution is -0.122. The Morgan fingerprint density at radius 3 is 2.68 bits per heavy atom. The number of carbonyl (C=O) groups is 1. The highest BCUT2D eigenvalue weighted by Crippen LogP contribution is 2.13. The van der Waals surface area contributed by atoms with Crippen LogP contribution >= 0.6 is 11.6 Å². The SMILES string of the molecule is CC(O)C(C)(C)NC(=O)CN(C)c1ccc(Cl)cn1. The van der Waals surface area contributed by atoms with Gasteiger partial charge in [0.1, 0.15) is 5.82 Å². The molecular formula is C13H20ClN3O2. The Balaban J connectivity index is 2.60. The van der Waals surface area contributed by atoms with Crippen LogP contribution < -0.4 is 10.2 Å². The van der Waals surface area contributed by atoms with Gasteiger partial charge in [0, 0.05) is 13.2 Å². The molecule has 5 nitrogen and oxygen atoms in total. The van der Waals surface area contributed by atoms with Crippen molar-refractivity contribution in [2.45, 2.75) is 32.4 Å². The molecule has 0 saturated heterocycles. The number of nitrogens with zero attached hydrogens (tertiary/aromatic N) is 2. The second kappa shape index (κ2) is 6.21. The van der Waals surface area contributed by atoms with Gasteiger partial charge in [-0.05, 0) is 32.9 Å². The maximum absolute atomic E-state index is 11.9. The fourth-order valence-electron chi connectivity index (χ4n) is 1.39. The topological polar surface area (TPSA) is 65.5 Å². The first kappa shape index (κ1) is 15.7. The van der Waals surface area contributed by atoms with E-state index in [0.29, 0.717) is 10.8 Å². The van der Waals surface area contributed by atoms with Crippen molar-refractivity contribution in [1.82, 2.24) is 10.3 Å². The van der Waals surface area contributed by atoms with E-state index in [0.717, 1.165) is 0 Å². The van der Waals surface area contributed by atoms with Crippen molar-refractivity contribution in [3.63, 3.8) is 0 Å². The van der Waals surface area contributed by atoms with Gasteiger partial charge < -0.3 is 15.3 Å².